The lowest BCUT2D eigenvalue weighted by atomic mass is 10.0. The van der Waals surface area contributed by atoms with Gasteiger partial charge in [0, 0.05) is 18.7 Å². The number of guanidine groups is 1. The van der Waals surface area contributed by atoms with E-state index in [1.54, 1.807) is 0 Å². The van der Waals surface area contributed by atoms with E-state index in [1.807, 2.05) is 18.2 Å². The van der Waals surface area contributed by atoms with Crippen molar-refractivity contribution in [2.24, 2.45) is 21.6 Å². The van der Waals surface area contributed by atoms with Crippen LogP contribution < -0.4 is 21.5 Å². The lowest BCUT2D eigenvalue weighted by molar-refractivity contribution is -0.137. The quantitative estimate of drug-likeness (QED) is 0.167. The first-order valence-electron chi connectivity index (χ1n) is 10.4. The zero-order valence-corrected chi connectivity index (χ0v) is 17.8. The molecule has 0 unspecified atom stereocenters. The monoisotopic (exact) mass is 450 g/mol. The lowest BCUT2D eigenvalue weighted by Crippen LogP contribution is -2.16. The highest BCUT2D eigenvalue weighted by molar-refractivity contribution is 5.77. The average molecular weight is 451 g/mol. The smallest absolute Gasteiger partial charge is 0.416 e. The number of nitrogens with two attached hydrogens (primary N) is 2. The van der Waals surface area contributed by atoms with E-state index in [2.05, 4.69) is 15.4 Å². The SMILES string of the molecule is N=NC(N)=NCCCCNCc1cc(-c2ccc(C(F)(F)F)cc2)ccc1OCCCN. The van der Waals surface area contributed by atoms with Crippen molar-refractivity contribution in [3.8, 4) is 16.9 Å². The van der Waals surface area contributed by atoms with Crippen molar-refractivity contribution < 1.29 is 17.9 Å². The third-order valence-corrected chi connectivity index (χ3v) is 4.68. The molecular weight excluding hydrogens is 421 g/mol. The van der Waals surface area contributed by atoms with Crippen molar-refractivity contribution >= 4 is 5.96 Å². The van der Waals surface area contributed by atoms with E-state index in [4.69, 9.17) is 21.7 Å². The Labute approximate surface area is 185 Å². The molecule has 0 radical (unpaired) electrons. The minimum Gasteiger partial charge on any atom is -0.493 e. The van der Waals surface area contributed by atoms with Crippen LogP contribution in [0.2, 0.25) is 0 Å². The largest absolute Gasteiger partial charge is 0.493 e. The number of hydrogen-bond donors (Lipinski definition) is 4. The molecule has 0 saturated carbocycles. The van der Waals surface area contributed by atoms with Gasteiger partial charge in [0.15, 0.2) is 0 Å². The molecule has 2 aromatic carbocycles. The van der Waals surface area contributed by atoms with Crippen LogP contribution in [0.1, 0.15) is 30.4 Å². The van der Waals surface area contributed by atoms with Gasteiger partial charge in [-0.25, -0.2) is 5.53 Å². The second-order valence-electron chi connectivity index (χ2n) is 7.12. The fourth-order valence-electron chi connectivity index (χ4n) is 2.97. The number of unbranched alkanes of at least 4 members (excludes halogenated alkanes) is 1. The summed E-state index contributed by atoms with van der Waals surface area (Å²) in [6.07, 6.45) is -1.98. The summed E-state index contributed by atoms with van der Waals surface area (Å²) in [5.41, 5.74) is 19.4. The van der Waals surface area contributed by atoms with Crippen LogP contribution in [-0.2, 0) is 12.7 Å². The Hall–Kier alpha value is -2.98. The highest BCUT2D eigenvalue weighted by Gasteiger charge is 2.29. The Bertz CT molecular complexity index is 884. The number of nitrogens with one attached hydrogen (secondary N) is 2. The van der Waals surface area contributed by atoms with Crippen LogP contribution in [0.3, 0.4) is 0 Å². The van der Waals surface area contributed by atoms with Crippen LogP contribution in [-0.4, -0.2) is 32.2 Å². The molecule has 0 bridgehead atoms. The fraction of sp³-hybridized carbons (Fsp3) is 0.409. The van der Waals surface area contributed by atoms with Crippen molar-refractivity contribution in [3.63, 3.8) is 0 Å². The third-order valence-electron chi connectivity index (χ3n) is 4.68. The maximum absolute atomic E-state index is 12.8. The summed E-state index contributed by atoms with van der Waals surface area (Å²) >= 11 is 0. The van der Waals surface area contributed by atoms with Gasteiger partial charge in [0.25, 0.3) is 0 Å². The second kappa shape index (κ2) is 12.8. The van der Waals surface area contributed by atoms with Gasteiger partial charge in [-0.2, -0.15) is 13.2 Å². The van der Waals surface area contributed by atoms with Crippen molar-refractivity contribution in [3.05, 3.63) is 53.6 Å². The molecule has 32 heavy (non-hydrogen) atoms. The van der Waals surface area contributed by atoms with E-state index >= 15 is 0 Å². The van der Waals surface area contributed by atoms with Gasteiger partial charge in [-0.05, 0) is 67.7 Å². The third kappa shape index (κ3) is 8.27. The number of rotatable bonds is 12. The lowest BCUT2D eigenvalue weighted by Gasteiger charge is -2.15. The van der Waals surface area contributed by atoms with Crippen molar-refractivity contribution in [1.29, 1.82) is 5.53 Å². The maximum atomic E-state index is 12.8. The molecule has 0 saturated heterocycles. The number of aliphatic imine (C=N–C) groups is 1. The maximum Gasteiger partial charge on any atom is 0.416 e. The number of hydrogen-bond acceptors (Lipinski definition) is 5. The summed E-state index contributed by atoms with van der Waals surface area (Å²) in [4.78, 5) is 3.93. The molecule has 0 heterocycles. The standard InChI is InChI=1S/C22H29F3N6O/c23-22(24,25)19-7-4-16(5-8-19)17-6-9-20(32-13-3-10-26)18(14-17)15-29-11-1-2-12-30-21(27)31-28/h4-9,14,28-29H,1-3,10-13,15,26H2,(H2,27,30). The number of benzene rings is 2. The molecule has 0 aliphatic heterocycles. The van der Waals surface area contributed by atoms with Gasteiger partial charge in [-0.15, -0.1) is 5.11 Å². The zero-order chi connectivity index (χ0) is 23.4. The van der Waals surface area contributed by atoms with E-state index in [1.165, 1.54) is 12.1 Å². The van der Waals surface area contributed by atoms with Crippen LogP contribution in [0.5, 0.6) is 5.75 Å². The van der Waals surface area contributed by atoms with E-state index < -0.39 is 11.7 Å². The summed E-state index contributed by atoms with van der Waals surface area (Å²) in [7, 11) is 0. The molecule has 7 nitrogen and oxygen atoms in total. The molecule has 0 amide bonds. The molecule has 0 spiro atoms. The Morgan fingerprint density at radius 1 is 1.03 bits per heavy atom. The summed E-state index contributed by atoms with van der Waals surface area (Å²) in [6.45, 7) is 2.80. The van der Waals surface area contributed by atoms with E-state index in [0.717, 1.165) is 54.8 Å². The second-order valence-corrected chi connectivity index (χ2v) is 7.12. The Morgan fingerprint density at radius 3 is 2.41 bits per heavy atom. The Morgan fingerprint density at radius 2 is 1.75 bits per heavy atom. The van der Waals surface area contributed by atoms with Gasteiger partial charge in [0.1, 0.15) is 5.75 Å². The highest BCUT2D eigenvalue weighted by atomic mass is 19.4. The molecule has 0 aliphatic carbocycles. The molecule has 10 heteroatoms. The summed E-state index contributed by atoms with van der Waals surface area (Å²) in [5.74, 6) is 0.688. The predicted octanol–water partition coefficient (Wildman–Crippen LogP) is 4.32. The first-order chi connectivity index (χ1) is 15.3. The van der Waals surface area contributed by atoms with Gasteiger partial charge < -0.3 is 21.5 Å². The summed E-state index contributed by atoms with van der Waals surface area (Å²) in [6, 6.07) is 10.7. The normalized spacial score (nSPS) is 12.1. The number of alkyl halides is 3. The zero-order valence-electron chi connectivity index (χ0n) is 17.8. The number of halogens is 3. The van der Waals surface area contributed by atoms with Gasteiger partial charge >= 0.3 is 6.18 Å². The summed E-state index contributed by atoms with van der Waals surface area (Å²) < 4.78 is 44.3. The van der Waals surface area contributed by atoms with Crippen LogP contribution in [0.25, 0.3) is 11.1 Å². The first-order valence-corrected chi connectivity index (χ1v) is 10.4. The van der Waals surface area contributed by atoms with Gasteiger partial charge in [0.2, 0.25) is 5.96 Å². The minimum atomic E-state index is -4.36. The van der Waals surface area contributed by atoms with Crippen LogP contribution in [0, 0.1) is 5.53 Å². The molecule has 0 aromatic heterocycles. The molecule has 2 aromatic rings. The fourth-order valence-corrected chi connectivity index (χ4v) is 2.97. The van der Waals surface area contributed by atoms with Gasteiger partial charge in [-0.1, -0.05) is 18.2 Å². The molecular formula is C22H29F3N6O. The first kappa shape index (κ1) is 25.3. The Kier molecular flexibility index (Phi) is 10.1. The molecule has 6 N–H and O–H groups in total. The molecule has 0 aliphatic rings. The van der Waals surface area contributed by atoms with Crippen LogP contribution >= 0.6 is 0 Å². The van der Waals surface area contributed by atoms with E-state index in [9.17, 15) is 13.2 Å². The molecule has 174 valence electrons. The molecule has 0 atom stereocenters. The predicted molar refractivity (Wildman–Crippen MR) is 119 cm³/mol. The van der Waals surface area contributed by atoms with Crippen LogP contribution in [0.15, 0.2) is 52.6 Å². The number of nitrogens with zero attached hydrogens (tertiary/aromatic N) is 2. The topological polar surface area (TPSA) is 122 Å². The van der Waals surface area contributed by atoms with E-state index in [-0.39, 0.29) is 5.96 Å². The van der Waals surface area contributed by atoms with Crippen LogP contribution in [0.4, 0.5) is 13.2 Å². The van der Waals surface area contributed by atoms with E-state index in [0.29, 0.717) is 31.8 Å². The molecule has 2 rings (SSSR count). The average Bonchev–Trinajstić information content (AvgIpc) is 2.78. The summed E-state index contributed by atoms with van der Waals surface area (Å²) in [5, 5.41) is 6.39. The van der Waals surface area contributed by atoms with Crippen molar-refractivity contribution in [1.82, 2.24) is 5.32 Å². The minimum absolute atomic E-state index is 0.0303. The number of ether oxygens (including phenoxy) is 1. The molecule has 0 fully saturated rings. The van der Waals surface area contributed by atoms with Crippen molar-refractivity contribution in [2.75, 3.05) is 26.2 Å². The highest BCUT2D eigenvalue weighted by Crippen LogP contribution is 2.32. The Balaban J connectivity index is 2.04. The van der Waals surface area contributed by atoms with Gasteiger partial charge in [-0.3, -0.25) is 4.99 Å². The van der Waals surface area contributed by atoms with Crippen molar-refractivity contribution in [2.45, 2.75) is 32.0 Å². The van der Waals surface area contributed by atoms with Gasteiger partial charge in [0.05, 0.1) is 12.2 Å².